The van der Waals surface area contributed by atoms with Crippen LogP contribution in [-0.2, 0) is 14.4 Å². The Hall–Kier alpha value is -1.11. The first-order chi connectivity index (χ1) is 8.36. The van der Waals surface area contributed by atoms with Crippen molar-refractivity contribution in [2.45, 2.75) is 46.5 Å². The number of rotatable bonds is 8. The maximum Gasteiger partial charge on any atom is 0.329 e. The predicted molar refractivity (Wildman–Crippen MR) is 66.1 cm³/mol. The summed E-state index contributed by atoms with van der Waals surface area (Å²) in [6.45, 7) is 6.72. The predicted octanol–water partition coefficient (Wildman–Crippen LogP) is 0.700. The van der Waals surface area contributed by atoms with E-state index in [1.807, 2.05) is 6.92 Å². The van der Waals surface area contributed by atoms with Crippen LogP contribution in [0, 0.1) is 5.92 Å². The van der Waals surface area contributed by atoms with Crippen LogP contribution in [-0.4, -0.2) is 35.2 Å². The highest BCUT2D eigenvalue weighted by Crippen LogP contribution is 2.11. The molecule has 0 rings (SSSR count). The third-order valence-electron chi connectivity index (χ3n) is 2.03. The molecule has 0 bridgehead atoms. The fraction of sp³-hybridized carbons (Fsp3) is 0.750. The van der Waals surface area contributed by atoms with Crippen molar-refractivity contribution in [3.05, 3.63) is 11.8 Å². The summed E-state index contributed by atoms with van der Waals surface area (Å²) in [4.78, 5) is 15.4. The lowest BCUT2D eigenvalue weighted by Crippen LogP contribution is -2.30. The lowest BCUT2D eigenvalue weighted by Gasteiger charge is -2.20. The molecular formula is C12H23NO5. The number of ether oxygens (including phenoxy) is 1. The standard InChI is InChI=1S/C12H23NO5/c1-8(2)17-12(16)11(13-18-10(4)15)7-9(3)5-6-14/h7-9,12-14,16H,5-6H2,1-4H3/b11-7-/t9-,12-/m1/s1. The zero-order valence-corrected chi connectivity index (χ0v) is 11.3. The highest BCUT2D eigenvalue weighted by Gasteiger charge is 2.15. The molecule has 6 nitrogen and oxygen atoms in total. The molecule has 106 valence electrons. The lowest BCUT2D eigenvalue weighted by atomic mass is 10.1. The zero-order chi connectivity index (χ0) is 14.1. The number of hydrogen-bond donors (Lipinski definition) is 3. The summed E-state index contributed by atoms with van der Waals surface area (Å²) in [6.07, 6.45) is 0.826. The molecule has 18 heavy (non-hydrogen) atoms. The van der Waals surface area contributed by atoms with Gasteiger partial charge in [0.2, 0.25) is 0 Å². The number of aliphatic hydroxyl groups is 2. The van der Waals surface area contributed by atoms with Crippen molar-refractivity contribution in [1.29, 1.82) is 0 Å². The van der Waals surface area contributed by atoms with E-state index in [0.717, 1.165) is 0 Å². The van der Waals surface area contributed by atoms with Crippen molar-refractivity contribution in [3.63, 3.8) is 0 Å². The van der Waals surface area contributed by atoms with Crippen LogP contribution in [0.5, 0.6) is 0 Å². The average Bonchev–Trinajstić information content (AvgIpc) is 2.23. The van der Waals surface area contributed by atoms with E-state index in [2.05, 4.69) is 10.3 Å². The van der Waals surface area contributed by atoms with Gasteiger partial charge in [-0.2, -0.15) is 0 Å². The number of hydroxylamine groups is 1. The molecule has 0 spiro atoms. The van der Waals surface area contributed by atoms with Gasteiger partial charge in [0, 0.05) is 13.5 Å². The van der Waals surface area contributed by atoms with Crippen LogP contribution in [0.2, 0.25) is 0 Å². The highest BCUT2D eigenvalue weighted by atomic mass is 16.7. The molecule has 0 heterocycles. The molecule has 0 aliphatic heterocycles. The Balaban J connectivity index is 4.63. The van der Waals surface area contributed by atoms with E-state index in [1.54, 1.807) is 19.9 Å². The third-order valence-corrected chi connectivity index (χ3v) is 2.03. The van der Waals surface area contributed by atoms with Crippen LogP contribution in [0.1, 0.15) is 34.1 Å². The van der Waals surface area contributed by atoms with Crippen LogP contribution in [0.3, 0.4) is 0 Å². The Morgan fingerprint density at radius 3 is 2.44 bits per heavy atom. The van der Waals surface area contributed by atoms with Gasteiger partial charge in [-0.05, 0) is 26.2 Å². The molecule has 3 N–H and O–H groups in total. The van der Waals surface area contributed by atoms with Gasteiger partial charge in [0.15, 0.2) is 6.29 Å². The van der Waals surface area contributed by atoms with Gasteiger partial charge in [0.1, 0.15) is 5.70 Å². The van der Waals surface area contributed by atoms with Gasteiger partial charge in [-0.25, -0.2) is 5.48 Å². The molecule has 0 unspecified atom stereocenters. The second-order valence-corrected chi connectivity index (χ2v) is 4.34. The van der Waals surface area contributed by atoms with Gasteiger partial charge in [0.25, 0.3) is 0 Å². The lowest BCUT2D eigenvalue weighted by molar-refractivity contribution is -0.152. The summed E-state index contributed by atoms with van der Waals surface area (Å²) in [6, 6.07) is 0. The maximum absolute atomic E-state index is 10.7. The first kappa shape index (κ1) is 16.9. The topological polar surface area (TPSA) is 88.0 Å². The molecule has 2 atom stereocenters. The van der Waals surface area contributed by atoms with E-state index in [4.69, 9.17) is 9.84 Å². The summed E-state index contributed by atoms with van der Waals surface area (Å²) in [5, 5.41) is 18.6. The summed E-state index contributed by atoms with van der Waals surface area (Å²) in [5.74, 6) is -0.508. The van der Waals surface area contributed by atoms with Crippen molar-refractivity contribution in [3.8, 4) is 0 Å². The highest BCUT2D eigenvalue weighted by molar-refractivity contribution is 5.65. The Kier molecular flexibility index (Phi) is 8.36. The van der Waals surface area contributed by atoms with E-state index < -0.39 is 12.3 Å². The summed E-state index contributed by atoms with van der Waals surface area (Å²) in [7, 11) is 0. The van der Waals surface area contributed by atoms with Crippen molar-refractivity contribution >= 4 is 5.97 Å². The van der Waals surface area contributed by atoms with Crippen LogP contribution in [0.15, 0.2) is 11.8 Å². The van der Waals surface area contributed by atoms with Crippen LogP contribution in [0.25, 0.3) is 0 Å². The Bertz CT molecular complexity index is 278. The third kappa shape index (κ3) is 8.05. The quantitative estimate of drug-likeness (QED) is 0.440. The molecule has 0 radical (unpaired) electrons. The number of carbonyl (C=O) groups is 1. The number of allylic oxidation sites excluding steroid dienone is 1. The van der Waals surface area contributed by atoms with Crippen molar-refractivity contribution < 1.29 is 24.6 Å². The SMILES string of the molecule is CC(=O)ON/C(=C\[C@H](C)CCO)[C@H](O)OC(C)C. The second kappa shape index (κ2) is 8.91. The minimum absolute atomic E-state index is 0.0125. The molecular weight excluding hydrogens is 238 g/mol. The van der Waals surface area contributed by atoms with E-state index in [9.17, 15) is 9.90 Å². The van der Waals surface area contributed by atoms with E-state index in [1.165, 1.54) is 6.92 Å². The van der Waals surface area contributed by atoms with Crippen LogP contribution >= 0.6 is 0 Å². The number of carbonyl (C=O) groups excluding carboxylic acids is 1. The smallest absolute Gasteiger partial charge is 0.329 e. The van der Waals surface area contributed by atoms with Crippen molar-refractivity contribution in [2.75, 3.05) is 6.61 Å². The van der Waals surface area contributed by atoms with Crippen molar-refractivity contribution in [2.24, 2.45) is 5.92 Å². The molecule has 0 fully saturated rings. The van der Waals surface area contributed by atoms with Crippen LogP contribution < -0.4 is 5.48 Å². The summed E-state index contributed by atoms with van der Waals surface area (Å²) >= 11 is 0. The first-order valence-electron chi connectivity index (χ1n) is 5.96. The van der Waals surface area contributed by atoms with Gasteiger partial charge < -0.3 is 19.8 Å². The van der Waals surface area contributed by atoms with Crippen LogP contribution in [0.4, 0.5) is 0 Å². The van der Waals surface area contributed by atoms with Gasteiger partial charge in [-0.3, -0.25) is 4.79 Å². The maximum atomic E-state index is 10.7. The largest absolute Gasteiger partial charge is 0.396 e. The number of aliphatic hydroxyl groups excluding tert-OH is 2. The van der Waals surface area contributed by atoms with Gasteiger partial charge in [0.05, 0.1) is 6.10 Å². The normalized spacial score (nSPS) is 15.4. The molecule has 0 saturated heterocycles. The zero-order valence-electron chi connectivity index (χ0n) is 11.3. The van der Waals surface area contributed by atoms with E-state index >= 15 is 0 Å². The summed E-state index contributed by atoms with van der Waals surface area (Å²) < 4.78 is 5.19. The fourth-order valence-electron chi connectivity index (χ4n) is 1.22. The number of hydrogen-bond acceptors (Lipinski definition) is 6. The van der Waals surface area contributed by atoms with E-state index in [0.29, 0.717) is 6.42 Å². The molecule has 0 aliphatic rings. The average molecular weight is 261 g/mol. The Morgan fingerprint density at radius 2 is 2.00 bits per heavy atom. The molecule has 0 saturated carbocycles. The fourth-order valence-corrected chi connectivity index (χ4v) is 1.22. The first-order valence-corrected chi connectivity index (χ1v) is 5.96. The van der Waals surface area contributed by atoms with Crippen molar-refractivity contribution in [1.82, 2.24) is 5.48 Å². The van der Waals surface area contributed by atoms with Gasteiger partial charge in [-0.1, -0.05) is 13.0 Å². The monoisotopic (exact) mass is 261 g/mol. The van der Waals surface area contributed by atoms with Gasteiger partial charge in [-0.15, -0.1) is 0 Å². The molecule has 0 aromatic heterocycles. The molecule has 0 amide bonds. The van der Waals surface area contributed by atoms with Gasteiger partial charge >= 0.3 is 5.97 Å². The minimum Gasteiger partial charge on any atom is -0.396 e. The molecule has 0 aromatic carbocycles. The molecule has 0 aromatic rings. The summed E-state index contributed by atoms with van der Waals surface area (Å²) in [5.41, 5.74) is 2.62. The molecule has 6 heteroatoms. The van der Waals surface area contributed by atoms with E-state index in [-0.39, 0.29) is 24.3 Å². The molecule has 0 aliphatic carbocycles. The number of nitrogens with one attached hydrogen (secondary N) is 1. The Morgan fingerprint density at radius 1 is 1.39 bits per heavy atom. The second-order valence-electron chi connectivity index (χ2n) is 4.34. The Labute approximate surface area is 108 Å². The minimum atomic E-state index is -1.20.